The van der Waals surface area contributed by atoms with E-state index in [4.69, 9.17) is 23.2 Å². The highest BCUT2D eigenvalue weighted by atomic mass is 35.5. The van der Waals surface area contributed by atoms with E-state index in [1.807, 2.05) is 30.3 Å². The predicted molar refractivity (Wildman–Crippen MR) is 78.1 cm³/mol. The van der Waals surface area contributed by atoms with E-state index in [2.05, 4.69) is 11.4 Å². The second kappa shape index (κ2) is 6.58. The fraction of sp³-hybridized carbons (Fsp3) is 0.133. The Hall–Kier alpha value is -1.53. The molecular weight excluding hydrogens is 279 g/mol. The molecule has 0 aliphatic heterocycles. The quantitative estimate of drug-likeness (QED) is 0.909. The number of nitriles is 1. The molecule has 0 spiro atoms. The van der Waals surface area contributed by atoms with Crippen LogP contribution in [0.2, 0.25) is 10.0 Å². The van der Waals surface area contributed by atoms with E-state index < -0.39 is 6.04 Å². The maximum atomic E-state index is 9.24. The summed E-state index contributed by atoms with van der Waals surface area (Å²) in [7, 11) is 0. The third-order valence-corrected chi connectivity index (χ3v) is 3.14. The molecule has 2 aromatic rings. The molecule has 0 aliphatic carbocycles. The van der Waals surface area contributed by atoms with Crippen molar-refractivity contribution in [2.75, 3.05) is 0 Å². The zero-order valence-electron chi connectivity index (χ0n) is 10.1. The van der Waals surface area contributed by atoms with Crippen molar-refractivity contribution in [3.8, 4) is 6.07 Å². The van der Waals surface area contributed by atoms with E-state index in [9.17, 15) is 5.26 Å². The van der Waals surface area contributed by atoms with Crippen molar-refractivity contribution in [2.45, 2.75) is 12.6 Å². The number of halogens is 2. The summed E-state index contributed by atoms with van der Waals surface area (Å²) in [5.74, 6) is 0. The number of rotatable bonds is 4. The highest BCUT2D eigenvalue weighted by Crippen LogP contribution is 2.23. The number of nitrogens with one attached hydrogen (secondary N) is 1. The zero-order chi connectivity index (χ0) is 13.7. The molecule has 96 valence electrons. The van der Waals surface area contributed by atoms with Crippen molar-refractivity contribution >= 4 is 23.2 Å². The molecule has 0 bridgehead atoms. The smallest absolute Gasteiger partial charge is 0.121 e. The fourth-order valence-electron chi connectivity index (χ4n) is 1.80. The Morgan fingerprint density at radius 3 is 2.26 bits per heavy atom. The first-order chi connectivity index (χ1) is 9.19. The molecule has 2 rings (SSSR count). The molecule has 19 heavy (non-hydrogen) atoms. The van der Waals surface area contributed by atoms with Crippen molar-refractivity contribution in [3.63, 3.8) is 0 Å². The van der Waals surface area contributed by atoms with Gasteiger partial charge in [-0.2, -0.15) is 5.26 Å². The molecule has 2 aromatic carbocycles. The number of benzene rings is 2. The average Bonchev–Trinajstić information content (AvgIpc) is 2.39. The summed E-state index contributed by atoms with van der Waals surface area (Å²) < 4.78 is 0. The minimum atomic E-state index is -0.434. The van der Waals surface area contributed by atoms with Crippen molar-refractivity contribution in [2.24, 2.45) is 0 Å². The monoisotopic (exact) mass is 290 g/mol. The molecule has 4 heteroatoms. The van der Waals surface area contributed by atoms with Gasteiger partial charge < -0.3 is 0 Å². The SMILES string of the molecule is N#CC(NCc1ccccc1)c1cc(Cl)cc(Cl)c1. The van der Waals surface area contributed by atoms with Gasteiger partial charge in [0.1, 0.15) is 6.04 Å². The second-order valence-electron chi connectivity index (χ2n) is 4.13. The first-order valence-electron chi connectivity index (χ1n) is 5.82. The van der Waals surface area contributed by atoms with Crippen LogP contribution in [0.15, 0.2) is 48.5 Å². The second-order valence-corrected chi connectivity index (χ2v) is 5.00. The van der Waals surface area contributed by atoms with E-state index in [0.717, 1.165) is 11.1 Å². The minimum absolute atomic E-state index is 0.434. The Morgan fingerprint density at radius 2 is 1.68 bits per heavy atom. The minimum Gasteiger partial charge on any atom is -0.294 e. The van der Waals surface area contributed by atoms with Gasteiger partial charge in [0, 0.05) is 16.6 Å². The molecule has 1 unspecified atom stereocenters. The van der Waals surface area contributed by atoms with Gasteiger partial charge >= 0.3 is 0 Å². The highest BCUT2D eigenvalue weighted by molar-refractivity contribution is 6.34. The van der Waals surface area contributed by atoms with Gasteiger partial charge in [-0.15, -0.1) is 0 Å². The van der Waals surface area contributed by atoms with E-state index in [-0.39, 0.29) is 0 Å². The molecule has 1 atom stereocenters. The Balaban J connectivity index is 2.10. The fourth-order valence-corrected chi connectivity index (χ4v) is 2.34. The standard InChI is InChI=1S/C15H12Cl2N2/c16-13-6-12(7-14(17)8-13)15(9-18)19-10-11-4-2-1-3-5-11/h1-8,15,19H,10H2. The summed E-state index contributed by atoms with van der Waals surface area (Å²) in [5, 5.41) is 13.5. The van der Waals surface area contributed by atoms with Gasteiger partial charge in [0.15, 0.2) is 0 Å². The third-order valence-electron chi connectivity index (χ3n) is 2.70. The van der Waals surface area contributed by atoms with Crippen molar-refractivity contribution in [1.82, 2.24) is 5.32 Å². The van der Waals surface area contributed by atoms with E-state index in [1.165, 1.54) is 0 Å². The lowest BCUT2D eigenvalue weighted by molar-refractivity contribution is 0.630. The summed E-state index contributed by atoms with van der Waals surface area (Å²) in [5.41, 5.74) is 1.90. The van der Waals surface area contributed by atoms with Crippen molar-refractivity contribution in [3.05, 3.63) is 69.7 Å². The van der Waals surface area contributed by atoms with Crippen molar-refractivity contribution < 1.29 is 0 Å². The summed E-state index contributed by atoms with van der Waals surface area (Å²) in [6.07, 6.45) is 0. The van der Waals surface area contributed by atoms with Gasteiger partial charge in [-0.3, -0.25) is 5.32 Å². The summed E-state index contributed by atoms with van der Waals surface area (Å²) >= 11 is 11.9. The molecule has 0 saturated heterocycles. The predicted octanol–water partition coefficient (Wildman–Crippen LogP) is 4.35. The van der Waals surface area contributed by atoms with Crippen LogP contribution < -0.4 is 5.32 Å². The van der Waals surface area contributed by atoms with Gasteiger partial charge in [-0.25, -0.2) is 0 Å². The Morgan fingerprint density at radius 1 is 1.05 bits per heavy atom. The number of nitrogens with zero attached hydrogens (tertiary/aromatic N) is 1. The first kappa shape index (κ1) is 13.9. The maximum Gasteiger partial charge on any atom is 0.121 e. The molecule has 2 nitrogen and oxygen atoms in total. The molecule has 0 amide bonds. The molecule has 0 radical (unpaired) electrons. The molecule has 1 N–H and O–H groups in total. The molecular formula is C15H12Cl2N2. The van der Waals surface area contributed by atoms with Gasteiger partial charge in [-0.1, -0.05) is 53.5 Å². The van der Waals surface area contributed by atoms with Crippen LogP contribution in [0.4, 0.5) is 0 Å². The van der Waals surface area contributed by atoms with Crippen LogP contribution in [-0.2, 0) is 6.54 Å². The molecule has 0 saturated carbocycles. The zero-order valence-corrected chi connectivity index (χ0v) is 11.6. The van der Waals surface area contributed by atoms with Crippen LogP contribution >= 0.6 is 23.2 Å². The average molecular weight is 291 g/mol. The third kappa shape index (κ3) is 3.97. The summed E-state index contributed by atoms with van der Waals surface area (Å²) in [4.78, 5) is 0. The molecule has 0 heterocycles. The van der Waals surface area contributed by atoms with Crippen LogP contribution in [0.25, 0.3) is 0 Å². The molecule has 0 aliphatic rings. The normalized spacial score (nSPS) is 11.8. The number of hydrogen-bond donors (Lipinski definition) is 1. The lowest BCUT2D eigenvalue weighted by Crippen LogP contribution is -2.19. The van der Waals surface area contributed by atoms with E-state index in [0.29, 0.717) is 16.6 Å². The topological polar surface area (TPSA) is 35.8 Å². The van der Waals surface area contributed by atoms with Gasteiger partial charge in [0.2, 0.25) is 0 Å². The maximum absolute atomic E-state index is 9.24. The first-order valence-corrected chi connectivity index (χ1v) is 6.57. The molecule has 0 aromatic heterocycles. The molecule has 0 fully saturated rings. The van der Waals surface area contributed by atoms with Gasteiger partial charge in [0.25, 0.3) is 0 Å². The van der Waals surface area contributed by atoms with Crippen LogP contribution in [0, 0.1) is 11.3 Å². The Labute approximate surface area is 122 Å². The van der Waals surface area contributed by atoms with Gasteiger partial charge in [0.05, 0.1) is 6.07 Å². The van der Waals surface area contributed by atoms with Gasteiger partial charge in [-0.05, 0) is 29.3 Å². The van der Waals surface area contributed by atoms with Crippen molar-refractivity contribution in [1.29, 1.82) is 5.26 Å². The van der Waals surface area contributed by atoms with Crippen LogP contribution in [0.5, 0.6) is 0 Å². The largest absolute Gasteiger partial charge is 0.294 e. The summed E-state index contributed by atoms with van der Waals surface area (Å²) in [6, 6.07) is 16.8. The highest BCUT2D eigenvalue weighted by Gasteiger charge is 2.11. The Bertz CT molecular complexity index is 571. The van der Waals surface area contributed by atoms with E-state index in [1.54, 1.807) is 18.2 Å². The lowest BCUT2D eigenvalue weighted by atomic mass is 10.1. The van der Waals surface area contributed by atoms with Crippen LogP contribution in [0.1, 0.15) is 17.2 Å². The van der Waals surface area contributed by atoms with E-state index >= 15 is 0 Å². The lowest BCUT2D eigenvalue weighted by Gasteiger charge is -2.12. The number of hydrogen-bond acceptors (Lipinski definition) is 2. The Kier molecular flexibility index (Phi) is 4.81. The summed E-state index contributed by atoms with van der Waals surface area (Å²) in [6.45, 7) is 0.614. The van der Waals surface area contributed by atoms with Crippen LogP contribution in [0.3, 0.4) is 0 Å². The van der Waals surface area contributed by atoms with Crippen LogP contribution in [-0.4, -0.2) is 0 Å².